The first-order valence-corrected chi connectivity index (χ1v) is 3.85. The molecule has 0 aromatic heterocycles. The number of oxime groups is 1. The molecular weight excluding hydrogens is 171 g/mol. The zero-order valence-corrected chi connectivity index (χ0v) is 7.29. The molecule has 4 heteroatoms. The van der Waals surface area contributed by atoms with Crippen molar-refractivity contribution in [3.05, 3.63) is 35.1 Å². The number of benzene rings is 1. The first-order valence-electron chi connectivity index (χ1n) is 3.85. The molecule has 0 saturated heterocycles. The van der Waals surface area contributed by atoms with Gasteiger partial charge in [-0.05, 0) is 30.2 Å². The highest BCUT2D eigenvalue weighted by Gasteiger charge is 2.02. The number of hydrogen-bond acceptors (Lipinski definition) is 2. The van der Waals surface area contributed by atoms with Gasteiger partial charge in [-0.3, -0.25) is 0 Å². The Kier molecular flexibility index (Phi) is 2.84. The van der Waals surface area contributed by atoms with Gasteiger partial charge in [0.2, 0.25) is 0 Å². The largest absolute Gasteiger partial charge is 0.409 e. The predicted molar refractivity (Wildman–Crippen MR) is 48.2 cm³/mol. The monoisotopic (exact) mass is 182 g/mol. The highest BCUT2D eigenvalue weighted by atomic mass is 19.1. The quantitative estimate of drug-likeness (QED) is 0.314. The van der Waals surface area contributed by atoms with Crippen LogP contribution in [-0.4, -0.2) is 11.0 Å². The molecule has 0 unspecified atom stereocenters. The second-order valence-electron chi connectivity index (χ2n) is 2.84. The van der Waals surface area contributed by atoms with Crippen LogP contribution in [0.4, 0.5) is 4.39 Å². The molecule has 0 fully saturated rings. The Balaban J connectivity index is 2.90. The number of rotatable bonds is 2. The molecule has 0 spiro atoms. The summed E-state index contributed by atoms with van der Waals surface area (Å²) in [4.78, 5) is 0. The highest BCUT2D eigenvalue weighted by molar-refractivity contribution is 5.82. The van der Waals surface area contributed by atoms with Crippen molar-refractivity contribution in [2.24, 2.45) is 10.9 Å². The molecule has 0 aliphatic carbocycles. The molecule has 1 aromatic carbocycles. The van der Waals surface area contributed by atoms with Gasteiger partial charge in [0.05, 0.1) is 0 Å². The molecule has 0 atom stereocenters. The first kappa shape index (κ1) is 9.51. The van der Waals surface area contributed by atoms with Crippen LogP contribution in [0.15, 0.2) is 23.4 Å². The van der Waals surface area contributed by atoms with Crippen molar-refractivity contribution in [1.29, 1.82) is 0 Å². The average molecular weight is 182 g/mol. The van der Waals surface area contributed by atoms with E-state index in [4.69, 9.17) is 10.9 Å². The zero-order valence-electron chi connectivity index (χ0n) is 7.29. The Morgan fingerprint density at radius 3 is 2.85 bits per heavy atom. The van der Waals surface area contributed by atoms with Crippen LogP contribution in [0.1, 0.15) is 11.1 Å². The Labute approximate surface area is 75.7 Å². The van der Waals surface area contributed by atoms with Crippen LogP contribution < -0.4 is 5.73 Å². The van der Waals surface area contributed by atoms with Gasteiger partial charge in [0, 0.05) is 6.42 Å². The maximum Gasteiger partial charge on any atom is 0.143 e. The molecule has 70 valence electrons. The molecule has 0 aliphatic heterocycles. The van der Waals surface area contributed by atoms with Gasteiger partial charge in [0.15, 0.2) is 0 Å². The molecule has 0 amide bonds. The third-order valence-electron chi connectivity index (χ3n) is 1.80. The summed E-state index contributed by atoms with van der Waals surface area (Å²) >= 11 is 0. The topological polar surface area (TPSA) is 58.6 Å². The minimum atomic E-state index is -0.277. The second-order valence-corrected chi connectivity index (χ2v) is 2.84. The van der Waals surface area contributed by atoms with Crippen molar-refractivity contribution in [2.75, 3.05) is 0 Å². The van der Waals surface area contributed by atoms with Crippen LogP contribution in [-0.2, 0) is 6.42 Å². The van der Waals surface area contributed by atoms with Crippen LogP contribution in [0.25, 0.3) is 0 Å². The van der Waals surface area contributed by atoms with E-state index in [-0.39, 0.29) is 11.7 Å². The van der Waals surface area contributed by atoms with Gasteiger partial charge in [0.25, 0.3) is 0 Å². The van der Waals surface area contributed by atoms with E-state index >= 15 is 0 Å². The molecule has 3 N–H and O–H groups in total. The van der Waals surface area contributed by atoms with Gasteiger partial charge < -0.3 is 10.9 Å². The summed E-state index contributed by atoms with van der Waals surface area (Å²) in [5.74, 6) is -0.157. The molecule has 0 heterocycles. The molecular formula is C9H11FN2O. The fourth-order valence-electron chi connectivity index (χ4n) is 1.09. The van der Waals surface area contributed by atoms with Gasteiger partial charge in [-0.25, -0.2) is 4.39 Å². The van der Waals surface area contributed by atoms with Crippen molar-refractivity contribution in [2.45, 2.75) is 13.3 Å². The van der Waals surface area contributed by atoms with Crippen LogP contribution in [0, 0.1) is 12.7 Å². The lowest BCUT2D eigenvalue weighted by molar-refractivity contribution is 0.317. The minimum absolute atomic E-state index is 0.120. The zero-order chi connectivity index (χ0) is 9.84. The molecule has 1 aromatic rings. The fraction of sp³-hybridized carbons (Fsp3) is 0.222. The second kappa shape index (κ2) is 3.89. The van der Waals surface area contributed by atoms with Gasteiger partial charge in [0.1, 0.15) is 11.7 Å². The van der Waals surface area contributed by atoms with E-state index in [0.29, 0.717) is 6.42 Å². The van der Waals surface area contributed by atoms with Crippen molar-refractivity contribution < 1.29 is 9.60 Å². The normalized spacial score (nSPS) is 11.7. The number of halogens is 1. The Morgan fingerprint density at radius 1 is 1.62 bits per heavy atom. The standard InChI is InChI=1S/C9H11FN2O/c1-6-4-8(10)3-2-7(6)5-9(11)12-13/h2-4,13H,5H2,1H3,(H2,11,12). The van der Waals surface area contributed by atoms with Gasteiger partial charge in [-0.2, -0.15) is 0 Å². The van der Waals surface area contributed by atoms with E-state index in [1.54, 1.807) is 13.0 Å². The van der Waals surface area contributed by atoms with Crippen LogP contribution in [0.3, 0.4) is 0 Å². The first-order chi connectivity index (χ1) is 6.13. The van der Waals surface area contributed by atoms with E-state index in [0.717, 1.165) is 11.1 Å². The summed E-state index contributed by atoms with van der Waals surface area (Å²) in [6.45, 7) is 1.78. The van der Waals surface area contributed by atoms with E-state index < -0.39 is 0 Å². The van der Waals surface area contributed by atoms with Crippen LogP contribution >= 0.6 is 0 Å². The Hall–Kier alpha value is -1.58. The van der Waals surface area contributed by atoms with Crippen molar-refractivity contribution >= 4 is 5.84 Å². The number of amidine groups is 1. The minimum Gasteiger partial charge on any atom is -0.409 e. The van der Waals surface area contributed by atoms with Crippen molar-refractivity contribution in [3.63, 3.8) is 0 Å². The lowest BCUT2D eigenvalue weighted by Crippen LogP contribution is -2.15. The average Bonchev–Trinajstić information content (AvgIpc) is 2.09. The molecule has 0 bridgehead atoms. The number of nitrogens with zero attached hydrogens (tertiary/aromatic N) is 1. The summed E-state index contributed by atoms with van der Waals surface area (Å²) in [6.07, 6.45) is 0.336. The van der Waals surface area contributed by atoms with Gasteiger partial charge in [-0.1, -0.05) is 11.2 Å². The van der Waals surface area contributed by atoms with Crippen molar-refractivity contribution in [1.82, 2.24) is 0 Å². The summed E-state index contributed by atoms with van der Waals surface area (Å²) in [6, 6.07) is 4.40. The van der Waals surface area contributed by atoms with E-state index in [1.807, 2.05) is 0 Å². The number of nitrogens with two attached hydrogens (primary N) is 1. The molecule has 1 rings (SSSR count). The van der Waals surface area contributed by atoms with Crippen LogP contribution in [0.2, 0.25) is 0 Å². The Morgan fingerprint density at radius 2 is 2.31 bits per heavy atom. The van der Waals surface area contributed by atoms with E-state index in [2.05, 4.69) is 5.16 Å². The predicted octanol–water partition coefficient (Wildman–Crippen LogP) is 1.42. The molecule has 13 heavy (non-hydrogen) atoms. The smallest absolute Gasteiger partial charge is 0.143 e. The number of aryl methyl sites for hydroxylation is 1. The molecule has 3 nitrogen and oxygen atoms in total. The Bertz CT molecular complexity index is 336. The molecule has 0 saturated carbocycles. The summed E-state index contributed by atoms with van der Waals surface area (Å²) in [5, 5.41) is 11.2. The lowest BCUT2D eigenvalue weighted by atomic mass is 10.1. The summed E-state index contributed by atoms with van der Waals surface area (Å²) in [7, 11) is 0. The van der Waals surface area contributed by atoms with Gasteiger partial charge in [-0.15, -0.1) is 0 Å². The van der Waals surface area contributed by atoms with Gasteiger partial charge >= 0.3 is 0 Å². The maximum absolute atomic E-state index is 12.7. The molecule has 0 aliphatic rings. The van der Waals surface area contributed by atoms with Crippen LogP contribution in [0.5, 0.6) is 0 Å². The third kappa shape index (κ3) is 2.43. The SMILES string of the molecule is Cc1cc(F)ccc1C/C(N)=N/O. The summed E-state index contributed by atoms with van der Waals surface area (Å²) in [5.41, 5.74) is 6.97. The lowest BCUT2D eigenvalue weighted by Gasteiger charge is -2.03. The maximum atomic E-state index is 12.7. The summed E-state index contributed by atoms with van der Waals surface area (Å²) < 4.78 is 12.7. The van der Waals surface area contributed by atoms with E-state index in [9.17, 15) is 4.39 Å². The number of hydrogen-bond donors (Lipinski definition) is 2. The molecule has 0 radical (unpaired) electrons. The fourth-order valence-corrected chi connectivity index (χ4v) is 1.09. The van der Waals surface area contributed by atoms with E-state index in [1.165, 1.54) is 12.1 Å². The third-order valence-corrected chi connectivity index (χ3v) is 1.80. The van der Waals surface area contributed by atoms with Crippen molar-refractivity contribution in [3.8, 4) is 0 Å². The highest BCUT2D eigenvalue weighted by Crippen LogP contribution is 2.10.